The Bertz CT molecular complexity index is 854. The van der Waals surface area contributed by atoms with Crippen LogP contribution in [0.25, 0.3) is 0 Å². The zero-order valence-electron chi connectivity index (χ0n) is 15.7. The Morgan fingerprint density at radius 1 is 1.07 bits per heavy atom. The molecule has 9 heteroatoms. The monoisotopic (exact) mass is 455 g/mol. The molecule has 1 aliphatic rings. The number of allylic oxidation sites excluding steroid dienone is 2. The van der Waals surface area contributed by atoms with E-state index in [-0.39, 0.29) is 17.8 Å². The summed E-state index contributed by atoms with van der Waals surface area (Å²) in [5.41, 5.74) is 1.15. The highest BCUT2D eigenvalue weighted by Crippen LogP contribution is 2.32. The van der Waals surface area contributed by atoms with Crippen molar-refractivity contribution in [3.63, 3.8) is 0 Å². The molecule has 1 heterocycles. The summed E-state index contributed by atoms with van der Waals surface area (Å²) < 4.78 is 28.5. The molecular weight excluding hydrogens is 437 g/mol. The van der Waals surface area contributed by atoms with Crippen molar-refractivity contribution in [2.24, 2.45) is 5.92 Å². The minimum atomic E-state index is -1.32. The second-order valence-electron chi connectivity index (χ2n) is 5.96. The van der Waals surface area contributed by atoms with Gasteiger partial charge < -0.3 is 19.5 Å². The van der Waals surface area contributed by atoms with Crippen LogP contribution in [0, 0.1) is 11.7 Å². The lowest BCUT2D eigenvalue weighted by atomic mass is 9.85. The number of benzene rings is 1. The van der Waals surface area contributed by atoms with Crippen molar-refractivity contribution in [3.8, 4) is 0 Å². The first-order valence-corrected chi connectivity index (χ1v) is 8.96. The Kier molecular flexibility index (Phi) is 6.95. The van der Waals surface area contributed by atoms with Crippen molar-refractivity contribution in [2.75, 3.05) is 14.2 Å². The summed E-state index contributed by atoms with van der Waals surface area (Å²) in [5.74, 6) is -4.15. The SMILES string of the molecule is COC(=O)C1=C(C)NC(C)=C(C(=O)OC)C1C(=O)OCc1ccc(F)cc1Br. The van der Waals surface area contributed by atoms with E-state index < -0.39 is 29.6 Å². The largest absolute Gasteiger partial charge is 0.466 e. The number of rotatable bonds is 5. The molecule has 0 amide bonds. The van der Waals surface area contributed by atoms with Crippen molar-refractivity contribution in [1.82, 2.24) is 5.32 Å². The van der Waals surface area contributed by atoms with Crippen molar-refractivity contribution >= 4 is 33.8 Å². The van der Waals surface area contributed by atoms with Crippen LogP contribution in [0.3, 0.4) is 0 Å². The summed E-state index contributed by atoms with van der Waals surface area (Å²) in [6.45, 7) is 2.98. The van der Waals surface area contributed by atoms with Crippen LogP contribution in [0.4, 0.5) is 4.39 Å². The molecule has 1 aromatic carbocycles. The minimum Gasteiger partial charge on any atom is -0.466 e. The Morgan fingerprint density at radius 2 is 1.61 bits per heavy atom. The average Bonchev–Trinajstić information content (AvgIpc) is 2.65. The van der Waals surface area contributed by atoms with Crippen LogP contribution in [-0.4, -0.2) is 32.1 Å². The van der Waals surface area contributed by atoms with Crippen LogP contribution in [0.15, 0.2) is 45.2 Å². The summed E-state index contributed by atoms with van der Waals surface area (Å²) >= 11 is 3.20. The third kappa shape index (κ3) is 4.41. The highest BCUT2D eigenvalue weighted by atomic mass is 79.9. The molecule has 0 aliphatic carbocycles. The number of methoxy groups -OCH3 is 2. The number of ether oxygens (including phenoxy) is 3. The number of esters is 3. The minimum absolute atomic E-state index is 0.0447. The molecule has 28 heavy (non-hydrogen) atoms. The predicted molar refractivity (Wildman–Crippen MR) is 100.0 cm³/mol. The molecule has 0 spiro atoms. The van der Waals surface area contributed by atoms with Crippen LogP contribution < -0.4 is 5.32 Å². The maximum Gasteiger partial charge on any atom is 0.336 e. The zero-order chi connectivity index (χ0) is 21.0. The van der Waals surface area contributed by atoms with Crippen LogP contribution >= 0.6 is 15.9 Å². The topological polar surface area (TPSA) is 90.9 Å². The Morgan fingerprint density at radius 3 is 2.07 bits per heavy atom. The van der Waals surface area contributed by atoms with Crippen molar-refractivity contribution in [3.05, 3.63) is 56.6 Å². The molecule has 7 nitrogen and oxygen atoms in total. The van der Waals surface area contributed by atoms with Crippen molar-refractivity contribution in [2.45, 2.75) is 20.5 Å². The van der Waals surface area contributed by atoms with Gasteiger partial charge in [0.15, 0.2) is 0 Å². The average molecular weight is 456 g/mol. The number of carbonyl (C=O) groups is 3. The van der Waals surface area contributed by atoms with Gasteiger partial charge in [-0.1, -0.05) is 22.0 Å². The standard InChI is InChI=1S/C19H19BrFNO6/c1-9-14(17(23)26-3)16(15(10(2)22-9)18(24)27-4)19(25)28-8-11-5-6-12(21)7-13(11)20/h5-7,16,22H,8H2,1-4H3. The summed E-state index contributed by atoms with van der Waals surface area (Å²) in [5, 5.41) is 2.88. The van der Waals surface area contributed by atoms with E-state index >= 15 is 0 Å². The fraction of sp³-hybridized carbons (Fsp3) is 0.316. The molecule has 0 radical (unpaired) electrons. The van der Waals surface area contributed by atoms with Crippen molar-refractivity contribution in [1.29, 1.82) is 0 Å². The van der Waals surface area contributed by atoms with Gasteiger partial charge in [0, 0.05) is 21.4 Å². The molecule has 2 rings (SSSR count). The lowest BCUT2D eigenvalue weighted by Crippen LogP contribution is -2.37. The quantitative estimate of drug-likeness (QED) is 0.538. The fourth-order valence-corrected chi connectivity index (χ4v) is 3.33. The molecule has 1 aromatic rings. The molecular formula is C19H19BrFNO6. The number of halogens is 2. The van der Waals surface area contributed by atoms with Gasteiger partial charge in [0.2, 0.25) is 0 Å². The molecule has 150 valence electrons. The summed E-state index contributed by atoms with van der Waals surface area (Å²) in [4.78, 5) is 37.4. The lowest BCUT2D eigenvalue weighted by Gasteiger charge is -2.28. The van der Waals surface area contributed by atoms with Gasteiger partial charge in [-0.05, 0) is 26.0 Å². The number of hydrogen-bond acceptors (Lipinski definition) is 7. The lowest BCUT2D eigenvalue weighted by molar-refractivity contribution is -0.152. The van der Waals surface area contributed by atoms with E-state index in [4.69, 9.17) is 14.2 Å². The van der Waals surface area contributed by atoms with Gasteiger partial charge in [-0.15, -0.1) is 0 Å². The molecule has 0 aromatic heterocycles. The molecule has 0 unspecified atom stereocenters. The first-order valence-electron chi connectivity index (χ1n) is 8.17. The Hall–Kier alpha value is -2.68. The molecule has 0 atom stereocenters. The first kappa shape index (κ1) is 21.6. The summed E-state index contributed by atoms with van der Waals surface area (Å²) in [7, 11) is 2.34. The smallest absolute Gasteiger partial charge is 0.336 e. The van der Waals surface area contributed by atoms with Gasteiger partial charge in [0.25, 0.3) is 0 Å². The van der Waals surface area contributed by atoms with E-state index in [1.165, 1.54) is 32.4 Å². The van der Waals surface area contributed by atoms with E-state index in [1.54, 1.807) is 13.8 Å². The van der Waals surface area contributed by atoms with Crippen LogP contribution in [0.5, 0.6) is 0 Å². The second-order valence-corrected chi connectivity index (χ2v) is 6.82. The van der Waals surface area contributed by atoms with Gasteiger partial charge in [0.1, 0.15) is 18.3 Å². The predicted octanol–water partition coefficient (Wildman–Crippen LogP) is 2.74. The van der Waals surface area contributed by atoms with Gasteiger partial charge in [-0.25, -0.2) is 14.0 Å². The normalized spacial score (nSPS) is 14.5. The zero-order valence-corrected chi connectivity index (χ0v) is 17.3. The van der Waals surface area contributed by atoms with E-state index in [0.29, 0.717) is 21.4 Å². The number of carbonyl (C=O) groups excluding carboxylic acids is 3. The van der Waals surface area contributed by atoms with Crippen LogP contribution in [0.2, 0.25) is 0 Å². The van der Waals surface area contributed by atoms with E-state index in [0.717, 1.165) is 0 Å². The molecule has 0 bridgehead atoms. The fourth-order valence-electron chi connectivity index (χ4n) is 2.86. The van der Waals surface area contributed by atoms with Gasteiger partial charge in [-0.2, -0.15) is 0 Å². The maximum atomic E-state index is 13.2. The van der Waals surface area contributed by atoms with E-state index in [2.05, 4.69) is 21.2 Å². The van der Waals surface area contributed by atoms with E-state index in [1.807, 2.05) is 0 Å². The van der Waals surface area contributed by atoms with Gasteiger partial charge >= 0.3 is 17.9 Å². The molecule has 0 fully saturated rings. The second kappa shape index (κ2) is 9.01. The van der Waals surface area contributed by atoms with Crippen molar-refractivity contribution < 1.29 is 33.0 Å². The Labute approximate surface area is 169 Å². The molecule has 0 saturated carbocycles. The van der Waals surface area contributed by atoms with Gasteiger partial charge in [0.05, 0.1) is 25.4 Å². The summed E-state index contributed by atoms with van der Waals surface area (Å²) in [6, 6.07) is 3.92. The number of nitrogens with one attached hydrogen (secondary N) is 1. The van der Waals surface area contributed by atoms with Crippen LogP contribution in [-0.2, 0) is 35.2 Å². The van der Waals surface area contributed by atoms with Gasteiger partial charge in [-0.3, -0.25) is 4.79 Å². The first-order chi connectivity index (χ1) is 13.2. The third-order valence-corrected chi connectivity index (χ3v) is 4.93. The molecule has 0 saturated heterocycles. The Balaban J connectivity index is 2.38. The molecule has 1 aliphatic heterocycles. The number of hydrogen-bond donors (Lipinski definition) is 1. The maximum absolute atomic E-state index is 13.2. The van der Waals surface area contributed by atoms with E-state index in [9.17, 15) is 18.8 Å². The number of dihydropyridines is 1. The molecule has 1 N–H and O–H groups in total. The highest BCUT2D eigenvalue weighted by molar-refractivity contribution is 9.10. The summed E-state index contributed by atoms with van der Waals surface area (Å²) in [6.07, 6.45) is 0. The van der Waals surface area contributed by atoms with Crippen LogP contribution in [0.1, 0.15) is 19.4 Å². The third-order valence-electron chi connectivity index (χ3n) is 4.19. The highest BCUT2D eigenvalue weighted by Gasteiger charge is 2.42.